The first-order chi connectivity index (χ1) is 15.7. The van der Waals surface area contributed by atoms with Crippen LogP contribution < -0.4 is 16.0 Å². The van der Waals surface area contributed by atoms with Gasteiger partial charge in [-0.05, 0) is 42.8 Å². The fourth-order valence-corrected chi connectivity index (χ4v) is 3.97. The zero-order valence-electron chi connectivity index (χ0n) is 18.2. The van der Waals surface area contributed by atoms with Crippen molar-refractivity contribution < 1.29 is 17.6 Å². The van der Waals surface area contributed by atoms with Gasteiger partial charge in [-0.2, -0.15) is 17.6 Å². The number of anilines is 3. The van der Waals surface area contributed by atoms with Gasteiger partial charge >= 0.3 is 6.18 Å². The lowest BCUT2D eigenvalue weighted by Gasteiger charge is -2.35. The van der Waals surface area contributed by atoms with Gasteiger partial charge in [0.2, 0.25) is 0 Å². The standard InChI is InChI=1S/C22H25F4N7/c1-2-32-5-7-33(8-6-32)17-12-18-19(29-13-17)20(23)30-31-21(18)28-4-3-14-9-15(22(24,25)26)11-16(27)10-14/h9-13H,2-8,27H2,1H3,(H,28,31). The fraction of sp³-hybridized carbons (Fsp3) is 0.409. The molecule has 176 valence electrons. The van der Waals surface area contributed by atoms with Gasteiger partial charge in [0.25, 0.3) is 5.95 Å². The number of halogens is 4. The van der Waals surface area contributed by atoms with Gasteiger partial charge in [-0.1, -0.05) is 6.92 Å². The maximum atomic E-state index is 14.2. The molecule has 7 nitrogen and oxygen atoms in total. The second-order valence-corrected chi connectivity index (χ2v) is 7.99. The summed E-state index contributed by atoms with van der Waals surface area (Å²) in [5, 5.41) is 11.0. The molecule has 1 aromatic carbocycles. The molecule has 1 saturated heterocycles. The molecule has 0 bridgehead atoms. The minimum Gasteiger partial charge on any atom is -0.399 e. The Bertz CT molecular complexity index is 1130. The van der Waals surface area contributed by atoms with Gasteiger partial charge in [-0.15, -0.1) is 10.2 Å². The first-order valence-electron chi connectivity index (χ1n) is 10.7. The number of benzene rings is 1. The molecule has 11 heteroatoms. The lowest BCUT2D eigenvalue weighted by Crippen LogP contribution is -2.46. The molecule has 2 aromatic heterocycles. The third-order valence-corrected chi connectivity index (χ3v) is 5.79. The van der Waals surface area contributed by atoms with Crippen LogP contribution in [-0.4, -0.2) is 59.3 Å². The van der Waals surface area contributed by atoms with Gasteiger partial charge in [0, 0.05) is 38.4 Å². The van der Waals surface area contributed by atoms with Crippen LogP contribution >= 0.6 is 0 Å². The normalized spacial score (nSPS) is 15.2. The van der Waals surface area contributed by atoms with E-state index in [0.29, 0.717) is 16.8 Å². The third kappa shape index (κ3) is 5.24. The van der Waals surface area contributed by atoms with E-state index in [2.05, 4.69) is 37.2 Å². The van der Waals surface area contributed by atoms with Gasteiger partial charge in [0.1, 0.15) is 5.52 Å². The summed E-state index contributed by atoms with van der Waals surface area (Å²) in [4.78, 5) is 8.80. The molecule has 4 rings (SSSR count). The van der Waals surface area contributed by atoms with Crippen molar-refractivity contribution in [3.63, 3.8) is 0 Å². The average molecular weight is 463 g/mol. The smallest absolute Gasteiger partial charge is 0.399 e. The van der Waals surface area contributed by atoms with E-state index in [9.17, 15) is 17.6 Å². The van der Waals surface area contributed by atoms with Crippen LogP contribution in [0.3, 0.4) is 0 Å². The van der Waals surface area contributed by atoms with Crippen LogP contribution in [0.5, 0.6) is 0 Å². The van der Waals surface area contributed by atoms with Crippen molar-refractivity contribution in [2.75, 3.05) is 55.2 Å². The van der Waals surface area contributed by atoms with Crippen LogP contribution in [0.1, 0.15) is 18.1 Å². The molecule has 1 aliphatic rings. The summed E-state index contributed by atoms with van der Waals surface area (Å²) in [7, 11) is 0. The van der Waals surface area contributed by atoms with Crippen LogP contribution in [0.4, 0.5) is 34.8 Å². The Morgan fingerprint density at radius 3 is 2.52 bits per heavy atom. The van der Waals surface area contributed by atoms with E-state index in [-0.39, 0.29) is 24.2 Å². The van der Waals surface area contributed by atoms with Crippen molar-refractivity contribution in [1.82, 2.24) is 20.1 Å². The fourth-order valence-electron chi connectivity index (χ4n) is 3.97. The Balaban J connectivity index is 1.52. The summed E-state index contributed by atoms with van der Waals surface area (Å²) in [6.07, 6.45) is -2.58. The maximum absolute atomic E-state index is 14.2. The molecule has 0 amide bonds. The summed E-state index contributed by atoms with van der Waals surface area (Å²) in [5.41, 5.74) is 6.27. The molecular formula is C22H25F4N7. The number of piperazine rings is 1. The zero-order valence-corrected chi connectivity index (χ0v) is 18.2. The minimum atomic E-state index is -4.47. The van der Waals surface area contributed by atoms with E-state index in [1.54, 1.807) is 6.20 Å². The number of nitrogens with one attached hydrogen (secondary N) is 1. The highest BCUT2D eigenvalue weighted by molar-refractivity contribution is 5.90. The van der Waals surface area contributed by atoms with Crippen molar-refractivity contribution >= 4 is 28.1 Å². The quantitative estimate of drug-likeness (QED) is 0.427. The topological polar surface area (TPSA) is 83.2 Å². The Morgan fingerprint density at radius 2 is 1.82 bits per heavy atom. The van der Waals surface area contributed by atoms with E-state index in [1.165, 1.54) is 6.07 Å². The SMILES string of the molecule is CCN1CCN(c2cnc3c(F)nnc(NCCc4cc(N)cc(C(F)(F)F)c4)c3c2)CC1. The molecule has 0 aliphatic carbocycles. The highest BCUT2D eigenvalue weighted by Gasteiger charge is 2.31. The second kappa shape index (κ2) is 9.34. The number of fused-ring (bicyclic) bond motifs is 1. The van der Waals surface area contributed by atoms with E-state index in [0.717, 1.165) is 50.5 Å². The zero-order chi connectivity index (χ0) is 23.6. The Labute approximate surface area is 188 Å². The number of aromatic nitrogens is 3. The minimum absolute atomic E-state index is 0.0452. The van der Waals surface area contributed by atoms with E-state index in [1.807, 2.05) is 6.07 Å². The van der Waals surface area contributed by atoms with Crippen LogP contribution in [-0.2, 0) is 12.6 Å². The molecule has 3 aromatic rings. The number of hydrogen-bond acceptors (Lipinski definition) is 7. The number of pyridine rings is 1. The highest BCUT2D eigenvalue weighted by atomic mass is 19.4. The number of hydrogen-bond donors (Lipinski definition) is 2. The lowest BCUT2D eigenvalue weighted by molar-refractivity contribution is -0.137. The lowest BCUT2D eigenvalue weighted by atomic mass is 10.1. The summed E-state index contributed by atoms with van der Waals surface area (Å²) < 4.78 is 53.3. The molecular weight excluding hydrogens is 438 g/mol. The second-order valence-electron chi connectivity index (χ2n) is 7.99. The Morgan fingerprint density at radius 1 is 1.06 bits per heavy atom. The van der Waals surface area contributed by atoms with Gasteiger partial charge in [-0.3, -0.25) is 0 Å². The largest absolute Gasteiger partial charge is 0.416 e. The predicted octanol–water partition coefficient (Wildman–Crippen LogP) is 3.56. The average Bonchev–Trinajstić information content (AvgIpc) is 2.79. The monoisotopic (exact) mass is 463 g/mol. The number of rotatable bonds is 6. The first-order valence-corrected chi connectivity index (χ1v) is 10.7. The van der Waals surface area contributed by atoms with Crippen LogP contribution in [0.15, 0.2) is 30.5 Å². The van der Waals surface area contributed by atoms with Gasteiger partial charge < -0.3 is 20.9 Å². The van der Waals surface area contributed by atoms with Crippen molar-refractivity contribution in [1.29, 1.82) is 0 Å². The number of nitrogens with two attached hydrogens (primary N) is 1. The first kappa shape index (κ1) is 23.0. The van der Waals surface area contributed by atoms with Crippen LogP contribution in [0.2, 0.25) is 0 Å². The van der Waals surface area contributed by atoms with E-state index < -0.39 is 17.7 Å². The van der Waals surface area contributed by atoms with Crippen molar-refractivity contribution in [3.8, 4) is 0 Å². The Hall–Kier alpha value is -3.21. The molecule has 0 unspecified atom stereocenters. The molecule has 1 fully saturated rings. The predicted molar refractivity (Wildman–Crippen MR) is 120 cm³/mol. The van der Waals surface area contributed by atoms with Crippen molar-refractivity contribution in [2.45, 2.75) is 19.5 Å². The molecule has 0 saturated carbocycles. The summed E-state index contributed by atoms with van der Waals surface area (Å²) in [6.45, 7) is 6.92. The summed E-state index contributed by atoms with van der Waals surface area (Å²) >= 11 is 0. The number of nitrogen functional groups attached to an aromatic ring is 1. The molecule has 1 aliphatic heterocycles. The Kier molecular flexibility index (Phi) is 6.50. The maximum Gasteiger partial charge on any atom is 0.416 e. The van der Waals surface area contributed by atoms with Gasteiger partial charge in [0.15, 0.2) is 5.82 Å². The summed E-state index contributed by atoms with van der Waals surface area (Å²) in [5.74, 6) is -0.448. The number of nitrogens with zero attached hydrogens (tertiary/aromatic N) is 5. The van der Waals surface area contributed by atoms with Crippen LogP contribution in [0, 0.1) is 5.95 Å². The van der Waals surface area contributed by atoms with Crippen LogP contribution in [0.25, 0.3) is 10.9 Å². The highest BCUT2D eigenvalue weighted by Crippen LogP contribution is 2.31. The summed E-state index contributed by atoms with van der Waals surface area (Å²) in [6, 6.07) is 5.30. The number of likely N-dealkylation sites (N-methyl/N-ethyl adjacent to an activating group) is 1. The molecule has 3 heterocycles. The van der Waals surface area contributed by atoms with Gasteiger partial charge in [0.05, 0.1) is 22.8 Å². The number of alkyl halides is 3. The van der Waals surface area contributed by atoms with E-state index in [4.69, 9.17) is 5.73 Å². The molecule has 0 radical (unpaired) electrons. The van der Waals surface area contributed by atoms with Crippen molar-refractivity contribution in [2.24, 2.45) is 0 Å². The molecule has 3 N–H and O–H groups in total. The van der Waals surface area contributed by atoms with Gasteiger partial charge in [-0.25, -0.2) is 4.98 Å². The molecule has 0 atom stereocenters. The molecule has 33 heavy (non-hydrogen) atoms. The molecule has 0 spiro atoms. The van der Waals surface area contributed by atoms with Crippen molar-refractivity contribution in [3.05, 3.63) is 47.5 Å². The van der Waals surface area contributed by atoms with E-state index >= 15 is 0 Å². The third-order valence-electron chi connectivity index (χ3n) is 5.79.